The minimum atomic E-state index is -0.928. The van der Waals surface area contributed by atoms with Gasteiger partial charge in [0.25, 0.3) is 0 Å². The molecule has 0 unspecified atom stereocenters. The van der Waals surface area contributed by atoms with Gasteiger partial charge >= 0.3 is 5.97 Å². The number of rotatable bonds is 4. The van der Waals surface area contributed by atoms with E-state index in [1.54, 1.807) is 18.2 Å². The van der Waals surface area contributed by atoms with Crippen molar-refractivity contribution >= 4 is 23.9 Å². The van der Waals surface area contributed by atoms with Gasteiger partial charge < -0.3 is 14.7 Å². The molecule has 0 radical (unpaired) electrons. The van der Waals surface area contributed by atoms with Crippen LogP contribution in [0.4, 0.5) is 0 Å². The number of carbonyl (C=O) groups is 1. The molecule has 1 N–H and O–H groups in total. The van der Waals surface area contributed by atoms with Crippen LogP contribution in [-0.4, -0.2) is 36.6 Å². The zero-order valence-corrected chi connectivity index (χ0v) is 15.2. The lowest BCUT2D eigenvalue weighted by Gasteiger charge is -2.13. The number of fused-ring (bicyclic) bond motifs is 2. The molecular formula is C20H22ClNO3. The van der Waals surface area contributed by atoms with Crippen LogP contribution in [0.2, 0.25) is 0 Å². The Morgan fingerprint density at radius 2 is 1.96 bits per heavy atom. The van der Waals surface area contributed by atoms with Gasteiger partial charge in [-0.05, 0) is 55.4 Å². The third-order valence-corrected chi connectivity index (χ3v) is 4.13. The summed E-state index contributed by atoms with van der Waals surface area (Å²) in [6.07, 6.45) is 3.06. The van der Waals surface area contributed by atoms with Gasteiger partial charge in [0.15, 0.2) is 0 Å². The lowest BCUT2D eigenvalue weighted by molar-refractivity contribution is 0.0697. The number of carboxylic acid groups (broad SMARTS) is 1. The first-order valence-electron chi connectivity index (χ1n) is 8.00. The second-order valence-electron chi connectivity index (χ2n) is 6.17. The molecule has 5 heteroatoms. The Morgan fingerprint density at radius 3 is 2.68 bits per heavy atom. The maximum absolute atomic E-state index is 11.4. The average Bonchev–Trinajstić information content (AvgIpc) is 2.71. The first kappa shape index (κ1) is 19.0. The minimum Gasteiger partial charge on any atom is -0.488 e. The Morgan fingerprint density at radius 1 is 1.20 bits per heavy atom. The normalized spacial score (nSPS) is 14.1. The van der Waals surface area contributed by atoms with Crippen molar-refractivity contribution in [1.82, 2.24) is 4.90 Å². The summed E-state index contributed by atoms with van der Waals surface area (Å²) in [5.41, 5.74) is 4.39. The maximum Gasteiger partial charge on any atom is 0.335 e. The Bertz CT molecular complexity index is 799. The van der Waals surface area contributed by atoms with Crippen LogP contribution >= 0.6 is 12.4 Å². The highest BCUT2D eigenvalue weighted by Crippen LogP contribution is 2.37. The van der Waals surface area contributed by atoms with E-state index < -0.39 is 5.97 Å². The number of ether oxygens (including phenoxy) is 1. The molecule has 1 aliphatic rings. The lowest BCUT2D eigenvalue weighted by atomic mass is 9.92. The van der Waals surface area contributed by atoms with Crippen LogP contribution < -0.4 is 4.74 Å². The summed E-state index contributed by atoms with van der Waals surface area (Å²) in [5, 5.41) is 9.32. The van der Waals surface area contributed by atoms with E-state index in [0.29, 0.717) is 6.61 Å². The number of aromatic carboxylic acids is 1. The molecule has 0 fully saturated rings. The molecule has 1 heterocycles. The third-order valence-electron chi connectivity index (χ3n) is 4.13. The summed E-state index contributed by atoms with van der Waals surface area (Å²) in [5.74, 6) is -0.199. The Kier molecular flexibility index (Phi) is 6.23. The molecule has 1 aliphatic heterocycles. The molecule has 0 saturated carbocycles. The largest absolute Gasteiger partial charge is 0.488 e. The van der Waals surface area contributed by atoms with Crippen molar-refractivity contribution in [1.29, 1.82) is 0 Å². The molecule has 0 atom stereocenters. The molecule has 132 valence electrons. The Hall–Kier alpha value is -2.30. The number of benzene rings is 2. The number of halogens is 1. The zero-order valence-electron chi connectivity index (χ0n) is 14.4. The molecule has 0 bridgehead atoms. The standard InChI is InChI=1S/C20H21NO3.ClH/c1-21(2)11-5-8-17-16-7-4-3-6-15(16)13-24-19-10-9-14(20(22)23)12-18(17)19;/h3-4,6-10,12H,5,11,13H2,1-2H3,(H,22,23);1H/b17-8-;. The first-order valence-corrected chi connectivity index (χ1v) is 8.00. The molecule has 0 aliphatic carbocycles. The van der Waals surface area contributed by atoms with Crippen LogP contribution in [0, 0.1) is 0 Å². The topological polar surface area (TPSA) is 49.8 Å². The molecule has 0 amide bonds. The predicted molar refractivity (Wildman–Crippen MR) is 102 cm³/mol. The summed E-state index contributed by atoms with van der Waals surface area (Å²) < 4.78 is 5.92. The smallest absolute Gasteiger partial charge is 0.335 e. The molecule has 25 heavy (non-hydrogen) atoms. The van der Waals surface area contributed by atoms with Gasteiger partial charge in [0, 0.05) is 12.1 Å². The summed E-state index contributed by atoms with van der Waals surface area (Å²) in [6.45, 7) is 1.42. The van der Waals surface area contributed by atoms with Gasteiger partial charge in [0.05, 0.1) is 5.56 Å². The quantitative estimate of drug-likeness (QED) is 0.893. The molecule has 3 rings (SSSR count). The van der Waals surface area contributed by atoms with Gasteiger partial charge in [-0.15, -0.1) is 12.4 Å². The highest BCUT2D eigenvalue weighted by molar-refractivity contribution is 5.92. The summed E-state index contributed by atoms with van der Waals surface area (Å²) in [6, 6.07) is 13.2. The zero-order chi connectivity index (χ0) is 17.1. The van der Waals surface area contributed by atoms with Gasteiger partial charge in [-0.2, -0.15) is 0 Å². The number of hydrogen-bond acceptors (Lipinski definition) is 3. The molecule has 2 aromatic rings. The van der Waals surface area contributed by atoms with E-state index in [4.69, 9.17) is 4.74 Å². The van der Waals surface area contributed by atoms with Gasteiger partial charge in [-0.3, -0.25) is 0 Å². The van der Waals surface area contributed by atoms with E-state index in [2.05, 4.69) is 23.1 Å². The minimum absolute atomic E-state index is 0. The van der Waals surface area contributed by atoms with E-state index in [0.717, 1.165) is 41.0 Å². The summed E-state index contributed by atoms with van der Waals surface area (Å²) in [7, 11) is 4.08. The van der Waals surface area contributed by atoms with Crippen LogP contribution in [0.25, 0.3) is 5.57 Å². The van der Waals surface area contributed by atoms with Gasteiger partial charge in [0.2, 0.25) is 0 Å². The lowest BCUT2D eigenvalue weighted by Crippen LogP contribution is -2.12. The second kappa shape index (κ2) is 8.19. The third kappa shape index (κ3) is 4.21. The van der Waals surface area contributed by atoms with Crippen molar-refractivity contribution in [3.8, 4) is 5.75 Å². The van der Waals surface area contributed by atoms with E-state index in [1.165, 1.54) is 0 Å². The summed E-state index contributed by atoms with van der Waals surface area (Å²) in [4.78, 5) is 13.5. The monoisotopic (exact) mass is 359 g/mol. The Balaban J connectivity index is 0.00000225. The van der Waals surface area contributed by atoms with Crippen LogP contribution in [-0.2, 0) is 6.61 Å². The van der Waals surface area contributed by atoms with E-state index in [9.17, 15) is 9.90 Å². The van der Waals surface area contributed by atoms with E-state index in [-0.39, 0.29) is 18.0 Å². The fourth-order valence-corrected chi connectivity index (χ4v) is 2.90. The SMILES string of the molecule is CN(C)CC/C=C1/c2ccccc2COc2ccc(C(=O)O)cc21.Cl. The van der Waals surface area contributed by atoms with Crippen molar-refractivity contribution < 1.29 is 14.6 Å². The molecule has 0 saturated heterocycles. The molecule has 2 aromatic carbocycles. The molecular weight excluding hydrogens is 338 g/mol. The number of carboxylic acids is 1. The number of hydrogen-bond donors (Lipinski definition) is 1. The summed E-state index contributed by atoms with van der Waals surface area (Å²) >= 11 is 0. The highest BCUT2D eigenvalue weighted by atomic mass is 35.5. The van der Waals surface area contributed by atoms with Gasteiger partial charge in [-0.25, -0.2) is 4.79 Å². The Labute approximate surface area is 154 Å². The van der Waals surface area contributed by atoms with Crippen molar-refractivity contribution in [3.05, 3.63) is 70.8 Å². The molecule has 0 aromatic heterocycles. The fraction of sp³-hybridized carbons (Fsp3) is 0.250. The van der Waals surface area contributed by atoms with Gasteiger partial charge in [0.1, 0.15) is 12.4 Å². The second-order valence-corrected chi connectivity index (χ2v) is 6.17. The molecule has 0 spiro atoms. The van der Waals surface area contributed by atoms with Crippen molar-refractivity contribution in [2.24, 2.45) is 0 Å². The van der Waals surface area contributed by atoms with Crippen LogP contribution in [0.3, 0.4) is 0 Å². The van der Waals surface area contributed by atoms with Crippen molar-refractivity contribution in [2.45, 2.75) is 13.0 Å². The van der Waals surface area contributed by atoms with Crippen molar-refractivity contribution in [3.63, 3.8) is 0 Å². The maximum atomic E-state index is 11.4. The average molecular weight is 360 g/mol. The van der Waals surface area contributed by atoms with Crippen LogP contribution in [0.15, 0.2) is 48.5 Å². The van der Waals surface area contributed by atoms with Crippen LogP contribution in [0.1, 0.15) is 33.5 Å². The number of nitrogens with zero attached hydrogens (tertiary/aromatic N) is 1. The van der Waals surface area contributed by atoms with Crippen molar-refractivity contribution in [2.75, 3.05) is 20.6 Å². The predicted octanol–water partition coefficient (Wildman–Crippen LogP) is 4.08. The fourth-order valence-electron chi connectivity index (χ4n) is 2.90. The van der Waals surface area contributed by atoms with Crippen LogP contribution in [0.5, 0.6) is 5.75 Å². The van der Waals surface area contributed by atoms with E-state index >= 15 is 0 Å². The highest BCUT2D eigenvalue weighted by Gasteiger charge is 2.20. The van der Waals surface area contributed by atoms with E-state index in [1.807, 2.05) is 26.2 Å². The first-order chi connectivity index (χ1) is 11.6. The van der Waals surface area contributed by atoms with Gasteiger partial charge in [-0.1, -0.05) is 30.3 Å². The molecule has 4 nitrogen and oxygen atoms in total.